The Balaban J connectivity index is 2.10. The van der Waals surface area contributed by atoms with Crippen molar-refractivity contribution in [2.24, 2.45) is 12.8 Å². The van der Waals surface area contributed by atoms with E-state index in [0.717, 1.165) is 40.7 Å². The van der Waals surface area contributed by atoms with Crippen molar-refractivity contribution in [3.8, 4) is 0 Å². The SMILES string of the molecule is CCSc1cccc(NCCc2nccn2C)c1C(N)=S. The highest BCUT2D eigenvalue weighted by molar-refractivity contribution is 7.99. The van der Waals surface area contributed by atoms with Gasteiger partial charge in [0.05, 0.1) is 0 Å². The quantitative estimate of drug-likeness (QED) is 0.607. The number of nitrogens with zero attached hydrogens (tertiary/aromatic N) is 2. The lowest BCUT2D eigenvalue weighted by Crippen LogP contribution is -2.16. The maximum atomic E-state index is 5.90. The summed E-state index contributed by atoms with van der Waals surface area (Å²) in [6.07, 6.45) is 4.62. The van der Waals surface area contributed by atoms with E-state index in [2.05, 4.69) is 23.3 Å². The first-order chi connectivity index (χ1) is 10.1. The van der Waals surface area contributed by atoms with E-state index in [1.807, 2.05) is 36.1 Å². The number of nitrogens with two attached hydrogens (primary N) is 1. The molecule has 0 radical (unpaired) electrons. The fraction of sp³-hybridized carbons (Fsp3) is 0.333. The third kappa shape index (κ3) is 3.98. The number of thioether (sulfide) groups is 1. The van der Waals surface area contributed by atoms with Crippen LogP contribution in [0, 0.1) is 0 Å². The number of rotatable bonds is 7. The molecular weight excluding hydrogens is 300 g/mol. The van der Waals surface area contributed by atoms with Crippen LogP contribution in [0.3, 0.4) is 0 Å². The summed E-state index contributed by atoms with van der Waals surface area (Å²) in [6.45, 7) is 2.91. The summed E-state index contributed by atoms with van der Waals surface area (Å²) in [5, 5.41) is 3.42. The minimum Gasteiger partial charge on any atom is -0.389 e. The second-order valence-electron chi connectivity index (χ2n) is 4.61. The Morgan fingerprint density at radius 3 is 2.90 bits per heavy atom. The van der Waals surface area contributed by atoms with Crippen molar-refractivity contribution >= 4 is 34.7 Å². The van der Waals surface area contributed by atoms with Crippen LogP contribution in [-0.4, -0.2) is 26.8 Å². The second kappa shape index (κ2) is 7.47. The lowest BCUT2D eigenvalue weighted by atomic mass is 10.1. The highest BCUT2D eigenvalue weighted by Crippen LogP contribution is 2.28. The predicted octanol–water partition coefficient (Wildman–Crippen LogP) is 2.82. The van der Waals surface area contributed by atoms with Crippen molar-refractivity contribution in [3.05, 3.63) is 42.0 Å². The van der Waals surface area contributed by atoms with Crippen molar-refractivity contribution in [2.45, 2.75) is 18.2 Å². The molecule has 0 saturated heterocycles. The van der Waals surface area contributed by atoms with Crippen molar-refractivity contribution in [3.63, 3.8) is 0 Å². The van der Waals surface area contributed by atoms with Crippen LogP contribution in [0.5, 0.6) is 0 Å². The Bertz CT molecular complexity index is 622. The van der Waals surface area contributed by atoms with Gasteiger partial charge in [-0.25, -0.2) is 4.98 Å². The lowest BCUT2D eigenvalue weighted by Gasteiger charge is -2.14. The van der Waals surface area contributed by atoms with Crippen LogP contribution >= 0.6 is 24.0 Å². The highest BCUT2D eigenvalue weighted by Gasteiger charge is 2.11. The standard InChI is InChI=1S/C15H20N4S2/c1-3-21-12-6-4-5-11(14(12)15(16)20)17-8-7-13-18-9-10-19(13)2/h4-6,9-10,17H,3,7-8H2,1-2H3,(H2,16,20). The van der Waals surface area contributed by atoms with Crippen LogP contribution in [-0.2, 0) is 13.5 Å². The molecule has 0 atom stereocenters. The molecule has 3 N–H and O–H groups in total. The Hall–Kier alpha value is -1.53. The molecule has 2 aromatic rings. The molecule has 21 heavy (non-hydrogen) atoms. The monoisotopic (exact) mass is 320 g/mol. The van der Waals surface area contributed by atoms with E-state index in [9.17, 15) is 0 Å². The smallest absolute Gasteiger partial charge is 0.110 e. The van der Waals surface area contributed by atoms with Gasteiger partial charge in [-0.15, -0.1) is 11.8 Å². The minimum atomic E-state index is 0.436. The zero-order valence-corrected chi connectivity index (χ0v) is 13.9. The van der Waals surface area contributed by atoms with Gasteiger partial charge in [-0.2, -0.15) is 0 Å². The van der Waals surface area contributed by atoms with E-state index >= 15 is 0 Å². The Kier molecular flexibility index (Phi) is 5.64. The molecular formula is C15H20N4S2. The first-order valence-corrected chi connectivity index (χ1v) is 8.28. The Labute approximate surface area is 135 Å². The Morgan fingerprint density at radius 1 is 1.48 bits per heavy atom. The van der Waals surface area contributed by atoms with Gasteiger partial charge in [-0.05, 0) is 17.9 Å². The van der Waals surface area contributed by atoms with Crippen molar-refractivity contribution < 1.29 is 0 Å². The van der Waals surface area contributed by atoms with Gasteiger partial charge in [0.25, 0.3) is 0 Å². The average molecular weight is 320 g/mol. The van der Waals surface area contributed by atoms with Crippen molar-refractivity contribution in [1.29, 1.82) is 0 Å². The molecule has 0 saturated carbocycles. The number of hydrogen-bond donors (Lipinski definition) is 2. The fourth-order valence-corrected chi connectivity index (χ4v) is 3.29. The first kappa shape index (κ1) is 15.9. The number of thiocarbonyl (C=S) groups is 1. The molecule has 112 valence electrons. The van der Waals surface area contributed by atoms with Gasteiger partial charge >= 0.3 is 0 Å². The summed E-state index contributed by atoms with van der Waals surface area (Å²) in [4.78, 5) is 5.89. The molecule has 2 rings (SSSR count). The zero-order valence-electron chi connectivity index (χ0n) is 12.3. The van der Waals surface area contributed by atoms with Crippen LogP contribution in [0.2, 0.25) is 0 Å². The molecule has 1 aromatic carbocycles. The van der Waals surface area contributed by atoms with Crippen molar-refractivity contribution in [2.75, 3.05) is 17.6 Å². The van der Waals surface area contributed by atoms with Crippen LogP contribution in [0.4, 0.5) is 5.69 Å². The van der Waals surface area contributed by atoms with Crippen LogP contribution < -0.4 is 11.1 Å². The predicted molar refractivity (Wildman–Crippen MR) is 94.1 cm³/mol. The lowest BCUT2D eigenvalue weighted by molar-refractivity contribution is 0.789. The molecule has 1 aromatic heterocycles. The summed E-state index contributed by atoms with van der Waals surface area (Å²) in [6, 6.07) is 6.11. The van der Waals surface area contributed by atoms with Crippen molar-refractivity contribution in [1.82, 2.24) is 9.55 Å². The first-order valence-electron chi connectivity index (χ1n) is 6.89. The van der Waals surface area contributed by atoms with Crippen LogP contribution in [0.15, 0.2) is 35.5 Å². The molecule has 6 heteroatoms. The molecule has 0 bridgehead atoms. The summed E-state index contributed by atoms with van der Waals surface area (Å²) >= 11 is 6.96. The number of hydrogen-bond acceptors (Lipinski definition) is 4. The van der Waals surface area contributed by atoms with Crippen LogP contribution in [0.25, 0.3) is 0 Å². The van der Waals surface area contributed by atoms with Gasteiger partial charge in [0.2, 0.25) is 0 Å². The van der Waals surface area contributed by atoms with Gasteiger partial charge in [0.1, 0.15) is 10.8 Å². The molecule has 0 spiro atoms. The van der Waals surface area contributed by atoms with Gasteiger partial charge in [-0.3, -0.25) is 0 Å². The largest absolute Gasteiger partial charge is 0.389 e. The maximum Gasteiger partial charge on any atom is 0.110 e. The number of benzene rings is 1. The molecule has 0 unspecified atom stereocenters. The van der Waals surface area contributed by atoms with E-state index in [1.165, 1.54) is 0 Å². The maximum absolute atomic E-state index is 5.90. The average Bonchev–Trinajstić information content (AvgIpc) is 2.85. The number of aryl methyl sites for hydroxylation is 1. The number of aromatic nitrogens is 2. The third-order valence-electron chi connectivity index (χ3n) is 3.16. The summed E-state index contributed by atoms with van der Waals surface area (Å²) < 4.78 is 2.03. The molecule has 0 aliphatic rings. The fourth-order valence-electron chi connectivity index (χ4n) is 2.15. The van der Waals surface area contributed by atoms with E-state index in [4.69, 9.17) is 18.0 Å². The van der Waals surface area contributed by atoms with Crippen LogP contribution in [0.1, 0.15) is 18.3 Å². The Morgan fingerprint density at radius 2 is 2.29 bits per heavy atom. The van der Waals surface area contributed by atoms with Gasteiger partial charge < -0.3 is 15.6 Å². The highest BCUT2D eigenvalue weighted by atomic mass is 32.2. The summed E-state index contributed by atoms with van der Waals surface area (Å²) in [5.74, 6) is 2.05. The molecule has 0 aliphatic heterocycles. The van der Waals surface area contributed by atoms with E-state index in [-0.39, 0.29) is 0 Å². The molecule has 0 aliphatic carbocycles. The van der Waals surface area contributed by atoms with Gasteiger partial charge in [-0.1, -0.05) is 25.2 Å². The molecule has 0 amide bonds. The third-order valence-corrected chi connectivity index (χ3v) is 4.30. The number of nitrogens with one attached hydrogen (secondary N) is 1. The topological polar surface area (TPSA) is 55.9 Å². The van der Waals surface area contributed by atoms with E-state index < -0.39 is 0 Å². The second-order valence-corrected chi connectivity index (χ2v) is 6.35. The van der Waals surface area contributed by atoms with Gasteiger partial charge in [0, 0.05) is 48.6 Å². The van der Waals surface area contributed by atoms with E-state index in [0.29, 0.717) is 4.99 Å². The minimum absolute atomic E-state index is 0.436. The zero-order chi connectivity index (χ0) is 15.2. The summed E-state index contributed by atoms with van der Waals surface area (Å²) in [7, 11) is 2.00. The number of imidazole rings is 1. The van der Waals surface area contributed by atoms with Gasteiger partial charge in [0.15, 0.2) is 0 Å². The normalized spacial score (nSPS) is 10.6. The number of anilines is 1. The molecule has 4 nitrogen and oxygen atoms in total. The van der Waals surface area contributed by atoms with E-state index in [1.54, 1.807) is 11.8 Å². The summed E-state index contributed by atoms with van der Waals surface area (Å²) in [5.41, 5.74) is 7.84. The molecule has 1 heterocycles. The molecule has 0 fully saturated rings.